The van der Waals surface area contributed by atoms with Gasteiger partial charge in [0.1, 0.15) is 12.4 Å². The molecule has 0 atom stereocenters. The molecule has 1 aliphatic carbocycles. The van der Waals surface area contributed by atoms with Gasteiger partial charge in [-0.3, -0.25) is 4.99 Å². The molecule has 0 aliphatic heterocycles. The van der Waals surface area contributed by atoms with Crippen molar-refractivity contribution in [3.63, 3.8) is 0 Å². The molecule has 0 saturated heterocycles. The Bertz CT molecular complexity index is 513. The van der Waals surface area contributed by atoms with Crippen LogP contribution in [0.1, 0.15) is 18.4 Å². The number of nitrogens with zero attached hydrogens (tertiary/aromatic N) is 1. The van der Waals surface area contributed by atoms with Crippen LogP contribution in [0.3, 0.4) is 0 Å². The molecule has 2 N–H and O–H groups in total. The lowest BCUT2D eigenvalue weighted by Crippen LogP contribution is -2.40. The molecule has 1 aliphatic rings. The third kappa shape index (κ3) is 5.46. The number of alkyl halides is 3. The highest BCUT2D eigenvalue weighted by Crippen LogP contribution is 2.31. The Labute approximate surface area is 127 Å². The van der Waals surface area contributed by atoms with Gasteiger partial charge in [0.05, 0.1) is 12.1 Å². The van der Waals surface area contributed by atoms with Gasteiger partial charge in [-0.2, -0.15) is 13.2 Å². The van der Waals surface area contributed by atoms with Crippen LogP contribution in [0.2, 0.25) is 0 Å². The van der Waals surface area contributed by atoms with E-state index in [2.05, 4.69) is 15.6 Å². The summed E-state index contributed by atoms with van der Waals surface area (Å²) in [5.74, 6) is 1.62. The summed E-state index contributed by atoms with van der Waals surface area (Å²) in [4.78, 5) is 4.07. The van der Waals surface area contributed by atoms with E-state index in [1.165, 1.54) is 25.0 Å². The number of aliphatic imine (C=N–C) groups is 1. The Morgan fingerprint density at radius 3 is 2.73 bits per heavy atom. The van der Waals surface area contributed by atoms with Crippen molar-refractivity contribution in [3.8, 4) is 5.75 Å². The predicted octanol–water partition coefficient (Wildman–Crippen LogP) is 2.66. The van der Waals surface area contributed by atoms with Crippen molar-refractivity contribution < 1.29 is 17.9 Å². The van der Waals surface area contributed by atoms with Crippen molar-refractivity contribution in [2.45, 2.75) is 19.0 Å². The van der Waals surface area contributed by atoms with Gasteiger partial charge in [0.25, 0.3) is 0 Å². The summed E-state index contributed by atoms with van der Waals surface area (Å²) in [7, 11) is 1.68. The Morgan fingerprint density at radius 2 is 2.09 bits per heavy atom. The van der Waals surface area contributed by atoms with Crippen LogP contribution in [0.4, 0.5) is 13.2 Å². The van der Waals surface area contributed by atoms with Crippen molar-refractivity contribution in [2.75, 3.05) is 26.7 Å². The molecule has 0 radical (unpaired) electrons. The second kappa shape index (κ2) is 7.38. The summed E-state index contributed by atoms with van der Waals surface area (Å²) in [6.45, 7) is 1.61. The van der Waals surface area contributed by atoms with Gasteiger partial charge in [0.2, 0.25) is 0 Å². The molecule has 0 unspecified atom stereocenters. The highest BCUT2D eigenvalue weighted by Gasteiger charge is 2.30. The molecule has 0 bridgehead atoms. The maximum absolute atomic E-state index is 12.6. The monoisotopic (exact) mass is 315 g/mol. The second-order valence-electron chi connectivity index (χ2n) is 5.20. The Kier molecular flexibility index (Phi) is 5.51. The maximum Gasteiger partial charge on any atom is 0.416 e. The van der Waals surface area contributed by atoms with Gasteiger partial charge >= 0.3 is 6.18 Å². The molecule has 1 fully saturated rings. The topological polar surface area (TPSA) is 45.7 Å². The summed E-state index contributed by atoms with van der Waals surface area (Å²) >= 11 is 0. The van der Waals surface area contributed by atoms with Gasteiger partial charge in [0, 0.05) is 13.6 Å². The summed E-state index contributed by atoms with van der Waals surface area (Å²) in [5.41, 5.74) is -0.708. The van der Waals surface area contributed by atoms with E-state index in [1.807, 2.05) is 0 Å². The third-order valence-electron chi connectivity index (χ3n) is 3.30. The van der Waals surface area contributed by atoms with Gasteiger partial charge in [0.15, 0.2) is 5.96 Å². The normalized spacial score (nSPS) is 15.5. The first-order valence-corrected chi connectivity index (χ1v) is 7.23. The summed E-state index contributed by atoms with van der Waals surface area (Å²) < 4.78 is 43.0. The first-order chi connectivity index (χ1) is 10.5. The van der Waals surface area contributed by atoms with Gasteiger partial charge in [-0.1, -0.05) is 6.07 Å². The van der Waals surface area contributed by atoms with Gasteiger partial charge < -0.3 is 15.4 Å². The predicted molar refractivity (Wildman–Crippen MR) is 79.0 cm³/mol. The zero-order chi connectivity index (χ0) is 16.0. The molecule has 1 aromatic rings. The third-order valence-corrected chi connectivity index (χ3v) is 3.30. The van der Waals surface area contributed by atoms with E-state index in [4.69, 9.17) is 4.74 Å². The van der Waals surface area contributed by atoms with Gasteiger partial charge in [-0.15, -0.1) is 0 Å². The molecular weight excluding hydrogens is 295 g/mol. The van der Waals surface area contributed by atoms with Crippen molar-refractivity contribution in [1.29, 1.82) is 0 Å². The lowest BCUT2D eigenvalue weighted by molar-refractivity contribution is -0.137. The molecule has 7 heteroatoms. The van der Waals surface area contributed by atoms with Crippen LogP contribution in [0, 0.1) is 5.92 Å². The second-order valence-corrected chi connectivity index (χ2v) is 5.20. The van der Waals surface area contributed by atoms with Crippen molar-refractivity contribution >= 4 is 5.96 Å². The van der Waals surface area contributed by atoms with E-state index in [0.29, 0.717) is 12.5 Å². The molecule has 1 saturated carbocycles. The zero-order valence-corrected chi connectivity index (χ0v) is 12.4. The number of hydrogen-bond acceptors (Lipinski definition) is 2. The van der Waals surface area contributed by atoms with E-state index < -0.39 is 11.7 Å². The highest BCUT2D eigenvalue weighted by molar-refractivity contribution is 5.79. The Morgan fingerprint density at radius 1 is 1.32 bits per heavy atom. The lowest BCUT2D eigenvalue weighted by atomic mass is 10.2. The van der Waals surface area contributed by atoms with E-state index in [1.54, 1.807) is 7.05 Å². The number of rotatable bonds is 6. The van der Waals surface area contributed by atoms with Crippen LogP contribution in [-0.2, 0) is 6.18 Å². The first-order valence-electron chi connectivity index (χ1n) is 7.23. The largest absolute Gasteiger partial charge is 0.492 e. The molecule has 0 amide bonds. The number of hydrogen-bond donors (Lipinski definition) is 2. The highest BCUT2D eigenvalue weighted by atomic mass is 19.4. The zero-order valence-electron chi connectivity index (χ0n) is 12.4. The van der Waals surface area contributed by atoms with Crippen LogP contribution in [0.25, 0.3) is 0 Å². The van der Waals surface area contributed by atoms with E-state index >= 15 is 0 Å². The Hall–Kier alpha value is -1.92. The molecule has 4 nitrogen and oxygen atoms in total. The van der Waals surface area contributed by atoms with Crippen LogP contribution in [0.5, 0.6) is 5.75 Å². The van der Waals surface area contributed by atoms with Gasteiger partial charge in [-0.25, -0.2) is 0 Å². The molecule has 122 valence electrons. The van der Waals surface area contributed by atoms with Gasteiger partial charge in [-0.05, 0) is 37.0 Å². The molecule has 2 rings (SSSR count). The van der Waals surface area contributed by atoms with Crippen molar-refractivity contribution in [1.82, 2.24) is 10.6 Å². The van der Waals surface area contributed by atoms with E-state index in [0.717, 1.165) is 24.6 Å². The smallest absolute Gasteiger partial charge is 0.416 e. The minimum atomic E-state index is -4.35. The average molecular weight is 315 g/mol. The minimum Gasteiger partial charge on any atom is -0.492 e. The standard InChI is InChI=1S/C15H20F3N3O/c1-19-14(21-10-11-5-6-11)20-7-8-22-13-4-2-3-12(9-13)15(16,17)18/h2-4,9,11H,5-8,10H2,1H3,(H2,19,20,21). The molecular formula is C15H20F3N3O. The van der Waals surface area contributed by atoms with Crippen LogP contribution >= 0.6 is 0 Å². The molecule has 1 aromatic carbocycles. The molecule has 0 aromatic heterocycles. The fourth-order valence-electron chi connectivity index (χ4n) is 1.88. The SMILES string of the molecule is CN=C(NCCOc1cccc(C(F)(F)F)c1)NCC1CC1. The summed E-state index contributed by atoms with van der Waals surface area (Å²) in [6, 6.07) is 4.87. The molecule has 22 heavy (non-hydrogen) atoms. The van der Waals surface area contributed by atoms with Crippen LogP contribution in [-0.4, -0.2) is 32.7 Å². The number of benzene rings is 1. The minimum absolute atomic E-state index is 0.206. The molecule has 0 heterocycles. The van der Waals surface area contributed by atoms with E-state index in [9.17, 15) is 13.2 Å². The average Bonchev–Trinajstić information content (AvgIpc) is 3.30. The fourth-order valence-corrected chi connectivity index (χ4v) is 1.88. The number of halogens is 3. The lowest BCUT2D eigenvalue weighted by Gasteiger charge is -2.13. The number of ether oxygens (including phenoxy) is 1. The maximum atomic E-state index is 12.6. The Balaban J connectivity index is 1.71. The first kappa shape index (κ1) is 16.5. The fraction of sp³-hybridized carbons (Fsp3) is 0.533. The van der Waals surface area contributed by atoms with Crippen molar-refractivity contribution in [2.24, 2.45) is 10.9 Å². The van der Waals surface area contributed by atoms with Crippen molar-refractivity contribution in [3.05, 3.63) is 29.8 Å². The molecule has 0 spiro atoms. The summed E-state index contributed by atoms with van der Waals surface area (Å²) in [5, 5.41) is 6.25. The van der Waals surface area contributed by atoms with Crippen LogP contribution < -0.4 is 15.4 Å². The van der Waals surface area contributed by atoms with Crippen LogP contribution in [0.15, 0.2) is 29.3 Å². The van der Waals surface area contributed by atoms with E-state index in [-0.39, 0.29) is 12.4 Å². The number of nitrogens with one attached hydrogen (secondary N) is 2. The summed E-state index contributed by atoms with van der Waals surface area (Å²) in [6.07, 6.45) is -1.85. The quantitative estimate of drug-likeness (QED) is 0.482. The number of guanidine groups is 1.